The van der Waals surface area contributed by atoms with Crippen LogP contribution in [0.3, 0.4) is 0 Å². The molecule has 3 rings (SSSR count). The molecule has 24 heavy (non-hydrogen) atoms. The third-order valence-corrected chi connectivity index (χ3v) is 4.46. The zero-order valence-electron chi connectivity index (χ0n) is 14.0. The van der Waals surface area contributed by atoms with Gasteiger partial charge in [-0.2, -0.15) is 0 Å². The van der Waals surface area contributed by atoms with Crippen molar-refractivity contribution in [1.29, 1.82) is 0 Å². The van der Waals surface area contributed by atoms with E-state index in [1.165, 1.54) is 5.56 Å². The summed E-state index contributed by atoms with van der Waals surface area (Å²) in [6.45, 7) is 4.20. The smallest absolute Gasteiger partial charge is 0.323 e. The maximum atomic E-state index is 11.4. The average molecular weight is 325 g/mol. The molecule has 0 aliphatic heterocycles. The number of imidazole rings is 1. The first-order valence-electron chi connectivity index (χ1n) is 8.28. The number of fused-ring (bicyclic) bond motifs is 1. The average Bonchev–Trinajstić information content (AvgIpc) is 2.98. The minimum Gasteiger partial charge on any atom is -0.394 e. The molecule has 2 aromatic carbocycles. The maximum Gasteiger partial charge on any atom is 0.323 e. The number of aryl methyl sites for hydroxylation is 1. The lowest BCUT2D eigenvalue weighted by molar-refractivity contribution is 0.235. The Morgan fingerprint density at radius 1 is 1.04 bits per heavy atom. The SMILES string of the molecule is CCc1ccc(C(CO)NC(C)c2ccc3[nH]c(=O)[nH]c3c2)cc1. The predicted molar refractivity (Wildman–Crippen MR) is 96.1 cm³/mol. The van der Waals surface area contributed by atoms with Crippen molar-refractivity contribution < 1.29 is 5.11 Å². The van der Waals surface area contributed by atoms with Crippen molar-refractivity contribution in [3.8, 4) is 0 Å². The van der Waals surface area contributed by atoms with Gasteiger partial charge in [0.15, 0.2) is 0 Å². The van der Waals surface area contributed by atoms with Crippen LogP contribution in [0.15, 0.2) is 47.3 Å². The highest BCUT2D eigenvalue weighted by Gasteiger charge is 2.15. The summed E-state index contributed by atoms with van der Waals surface area (Å²) in [5.74, 6) is 0. The Morgan fingerprint density at radius 3 is 2.38 bits per heavy atom. The zero-order valence-corrected chi connectivity index (χ0v) is 14.0. The third-order valence-electron chi connectivity index (χ3n) is 4.46. The molecule has 3 aromatic rings. The van der Waals surface area contributed by atoms with E-state index in [1.54, 1.807) is 0 Å². The molecule has 0 aliphatic carbocycles. The van der Waals surface area contributed by atoms with Crippen LogP contribution in [0.4, 0.5) is 0 Å². The topological polar surface area (TPSA) is 80.9 Å². The summed E-state index contributed by atoms with van der Waals surface area (Å²) in [6, 6.07) is 14.1. The Hall–Kier alpha value is -2.37. The van der Waals surface area contributed by atoms with Crippen molar-refractivity contribution in [3.05, 3.63) is 69.6 Å². The Morgan fingerprint density at radius 2 is 1.71 bits per heavy atom. The molecule has 0 aliphatic rings. The maximum absolute atomic E-state index is 11.4. The zero-order chi connectivity index (χ0) is 17.1. The molecular weight excluding hydrogens is 302 g/mol. The number of aromatic nitrogens is 2. The summed E-state index contributed by atoms with van der Waals surface area (Å²) in [7, 11) is 0. The fraction of sp³-hybridized carbons (Fsp3) is 0.316. The summed E-state index contributed by atoms with van der Waals surface area (Å²) in [4.78, 5) is 16.9. The molecule has 4 N–H and O–H groups in total. The number of H-pyrrole nitrogens is 2. The molecule has 1 aromatic heterocycles. The van der Waals surface area contributed by atoms with Crippen molar-refractivity contribution in [3.63, 3.8) is 0 Å². The van der Waals surface area contributed by atoms with E-state index >= 15 is 0 Å². The monoisotopic (exact) mass is 325 g/mol. The second-order valence-corrected chi connectivity index (χ2v) is 6.10. The number of rotatable bonds is 6. The van der Waals surface area contributed by atoms with Crippen molar-refractivity contribution >= 4 is 11.0 Å². The Labute approximate surface area is 140 Å². The minimum atomic E-state index is -0.202. The first-order chi connectivity index (χ1) is 11.6. The van der Waals surface area contributed by atoms with Gasteiger partial charge in [-0.15, -0.1) is 0 Å². The van der Waals surface area contributed by atoms with Crippen molar-refractivity contribution in [2.75, 3.05) is 6.61 Å². The lowest BCUT2D eigenvalue weighted by Crippen LogP contribution is -2.27. The lowest BCUT2D eigenvalue weighted by atomic mass is 10.0. The van der Waals surface area contributed by atoms with Crippen LogP contribution in [-0.2, 0) is 6.42 Å². The highest BCUT2D eigenvalue weighted by molar-refractivity contribution is 5.75. The molecule has 2 unspecified atom stereocenters. The van der Waals surface area contributed by atoms with Crippen LogP contribution in [0, 0.1) is 0 Å². The van der Waals surface area contributed by atoms with E-state index in [2.05, 4.69) is 53.4 Å². The second kappa shape index (κ2) is 7.03. The second-order valence-electron chi connectivity index (χ2n) is 6.10. The summed E-state index contributed by atoms with van der Waals surface area (Å²) in [6.07, 6.45) is 1.00. The molecule has 126 valence electrons. The summed E-state index contributed by atoms with van der Waals surface area (Å²) in [5, 5.41) is 13.2. The van der Waals surface area contributed by atoms with E-state index in [0.29, 0.717) is 0 Å². The number of aliphatic hydroxyl groups is 1. The molecule has 0 saturated carbocycles. The van der Waals surface area contributed by atoms with Gasteiger partial charge < -0.3 is 20.4 Å². The van der Waals surface area contributed by atoms with Crippen LogP contribution in [-0.4, -0.2) is 21.7 Å². The molecule has 5 heteroatoms. The van der Waals surface area contributed by atoms with E-state index in [-0.39, 0.29) is 24.4 Å². The molecule has 2 atom stereocenters. The van der Waals surface area contributed by atoms with Gasteiger partial charge in [-0.05, 0) is 42.2 Å². The van der Waals surface area contributed by atoms with Gasteiger partial charge in [0.2, 0.25) is 0 Å². The molecule has 1 heterocycles. The Bertz CT molecular complexity index is 864. The number of nitrogens with one attached hydrogen (secondary N) is 3. The molecule has 0 radical (unpaired) electrons. The van der Waals surface area contributed by atoms with Crippen LogP contribution < -0.4 is 11.0 Å². The third kappa shape index (κ3) is 3.42. The van der Waals surface area contributed by atoms with Crippen LogP contribution in [0.5, 0.6) is 0 Å². The highest BCUT2D eigenvalue weighted by atomic mass is 16.3. The van der Waals surface area contributed by atoms with E-state index < -0.39 is 0 Å². The van der Waals surface area contributed by atoms with E-state index in [0.717, 1.165) is 28.6 Å². The van der Waals surface area contributed by atoms with Gasteiger partial charge in [-0.1, -0.05) is 37.3 Å². The van der Waals surface area contributed by atoms with Gasteiger partial charge in [0.1, 0.15) is 0 Å². The van der Waals surface area contributed by atoms with Crippen LogP contribution in [0.25, 0.3) is 11.0 Å². The molecule has 0 saturated heterocycles. The first-order valence-corrected chi connectivity index (χ1v) is 8.28. The normalized spacial score (nSPS) is 14.0. The molecule has 0 bridgehead atoms. The fourth-order valence-electron chi connectivity index (χ4n) is 2.96. The number of aromatic amines is 2. The Balaban J connectivity index is 1.79. The number of benzene rings is 2. The van der Waals surface area contributed by atoms with E-state index in [1.807, 2.05) is 18.2 Å². The fourth-order valence-corrected chi connectivity index (χ4v) is 2.96. The molecule has 0 amide bonds. The summed E-state index contributed by atoms with van der Waals surface area (Å²) in [5.41, 5.74) is 4.79. The van der Waals surface area contributed by atoms with Crippen molar-refractivity contribution in [2.24, 2.45) is 0 Å². The summed E-state index contributed by atoms with van der Waals surface area (Å²) >= 11 is 0. The van der Waals surface area contributed by atoms with Crippen LogP contribution in [0.1, 0.15) is 42.6 Å². The predicted octanol–water partition coefficient (Wildman–Crippen LogP) is 2.80. The van der Waals surface area contributed by atoms with Gasteiger partial charge >= 0.3 is 5.69 Å². The quantitative estimate of drug-likeness (QED) is 0.562. The first kappa shape index (κ1) is 16.5. The summed E-state index contributed by atoms with van der Waals surface area (Å²) < 4.78 is 0. The number of hydrogen-bond acceptors (Lipinski definition) is 3. The van der Waals surface area contributed by atoms with Gasteiger partial charge in [0.25, 0.3) is 0 Å². The van der Waals surface area contributed by atoms with Gasteiger partial charge in [-0.3, -0.25) is 0 Å². The van der Waals surface area contributed by atoms with Gasteiger partial charge in [0, 0.05) is 6.04 Å². The number of hydrogen-bond donors (Lipinski definition) is 4. The van der Waals surface area contributed by atoms with Gasteiger partial charge in [-0.25, -0.2) is 4.79 Å². The largest absolute Gasteiger partial charge is 0.394 e. The van der Waals surface area contributed by atoms with Gasteiger partial charge in [0.05, 0.1) is 23.7 Å². The van der Waals surface area contributed by atoms with Crippen LogP contribution >= 0.6 is 0 Å². The van der Waals surface area contributed by atoms with Crippen molar-refractivity contribution in [1.82, 2.24) is 15.3 Å². The lowest BCUT2D eigenvalue weighted by Gasteiger charge is -2.22. The minimum absolute atomic E-state index is 0.0268. The van der Waals surface area contributed by atoms with E-state index in [9.17, 15) is 9.90 Å². The molecule has 0 spiro atoms. The Kier molecular flexibility index (Phi) is 4.83. The van der Waals surface area contributed by atoms with Crippen molar-refractivity contribution in [2.45, 2.75) is 32.4 Å². The molecular formula is C19H23N3O2. The number of aliphatic hydroxyl groups excluding tert-OH is 1. The molecule has 0 fully saturated rings. The molecule has 5 nitrogen and oxygen atoms in total. The van der Waals surface area contributed by atoms with Crippen LogP contribution in [0.2, 0.25) is 0 Å². The van der Waals surface area contributed by atoms with E-state index in [4.69, 9.17) is 0 Å². The standard InChI is InChI=1S/C19H23N3O2/c1-3-13-4-6-14(7-5-13)18(11-23)20-12(2)15-8-9-16-17(10-15)22-19(24)21-16/h4-10,12,18,20,23H,3,11H2,1-2H3,(H2,21,22,24). The highest BCUT2D eigenvalue weighted by Crippen LogP contribution is 2.22.